The number of rotatable bonds is 4. The first-order valence-electron chi connectivity index (χ1n) is 5.87. The molecule has 106 valence electrons. The van der Waals surface area contributed by atoms with Gasteiger partial charge in [-0.05, 0) is 46.4 Å². The van der Waals surface area contributed by atoms with Crippen LogP contribution in [0.2, 0.25) is 5.02 Å². The van der Waals surface area contributed by atoms with Gasteiger partial charge in [0.1, 0.15) is 11.5 Å². The van der Waals surface area contributed by atoms with Crippen LogP contribution in [0.5, 0.6) is 11.5 Å². The van der Waals surface area contributed by atoms with E-state index in [1.807, 2.05) is 30.3 Å². The Hall–Kier alpha value is -0.460. The first-order valence-corrected chi connectivity index (χ1v) is 8.25. The van der Waals surface area contributed by atoms with Crippen LogP contribution in [0.25, 0.3) is 0 Å². The molecule has 1 atom stereocenters. The van der Waals surface area contributed by atoms with E-state index in [2.05, 4.69) is 44.6 Å². The molecule has 0 fully saturated rings. The Morgan fingerprint density at radius 3 is 2.45 bits per heavy atom. The summed E-state index contributed by atoms with van der Waals surface area (Å²) < 4.78 is 11.7. The first-order chi connectivity index (χ1) is 9.56. The van der Waals surface area contributed by atoms with Crippen molar-refractivity contribution in [1.29, 1.82) is 0 Å². The van der Waals surface area contributed by atoms with Gasteiger partial charge >= 0.3 is 0 Å². The number of benzene rings is 2. The van der Waals surface area contributed by atoms with E-state index in [0.29, 0.717) is 0 Å². The van der Waals surface area contributed by atoms with Crippen molar-refractivity contribution in [3.05, 3.63) is 56.1 Å². The maximum atomic E-state index is 6.19. The summed E-state index contributed by atoms with van der Waals surface area (Å²) in [4.78, 5) is 0.0119. The Morgan fingerprint density at radius 2 is 1.85 bits per heavy atom. The molecule has 20 heavy (non-hydrogen) atoms. The zero-order valence-corrected chi connectivity index (χ0v) is 15.5. The van der Waals surface area contributed by atoms with Gasteiger partial charge in [0.15, 0.2) is 0 Å². The van der Waals surface area contributed by atoms with Gasteiger partial charge in [0.25, 0.3) is 0 Å². The minimum absolute atomic E-state index is 0.0119. The molecule has 0 amide bonds. The molecule has 1 unspecified atom stereocenters. The molecule has 2 rings (SSSR count). The molecule has 0 aliphatic rings. The molecule has 0 spiro atoms. The summed E-state index contributed by atoms with van der Waals surface area (Å²) >= 11 is 12.1. The smallest absolute Gasteiger partial charge is 0.127 e. The Morgan fingerprint density at radius 1 is 1.10 bits per heavy atom. The fraction of sp³-hybridized carbons (Fsp3) is 0.200. The van der Waals surface area contributed by atoms with Crippen LogP contribution in [0.4, 0.5) is 0 Å². The van der Waals surface area contributed by atoms with Gasteiger partial charge in [0.2, 0.25) is 0 Å². The highest BCUT2D eigenvalue weighted by Gasteiger charge is 2.17. The summed E-state index contributed by atoms with van der Waals surface area (Å²) in [5.41, 5.74) is 2.12. The van der Waals surface area contributed by atoms with Crippen molar-refractivity contribution in [2.75, 3.05) is 14.2 Å². The minimum atomic E-state index is 0.0119. The standard InChI is InChI=1S/C15H13BrClIO2/c1-19-10-4-5-11(14(8-10)20-2)15(16)9-3-6-13(18)12(17)7-9/h3-8,15H,1-2H3. The van der Waals surface area contributed by atoms with Gasteiger partial charge in [-0.2, -0.15) is 0 Å². The van der Waals surface area contributed by atoms with Gasteiger partial charge in [0, 0.05) is 15.2 Å². The lowest BCUT2D eigenvalue weighted by Gasteiger charge is -2.16. The largest absolute Gasteiger partial charge is 0.497 e. The number of hydrogen-bond acceptors (Lipinski definition) is 2. The van der Waals surface area contributed by atoms with E-state index >= 15 is 0 Å². The van der Waals surface area contributed by atoms with E-state index in [4.69, 9.17) is 21.1 Å². The molecule has 0 saturated carbocycles. The van der Waals surface area contributed by atoms with Crippen LogP contribution in [0.1, 0.15) is 16.0 Å². The monoisotopic (exact) mass is 466 g/mol. The van der Waals surface area contributed by atoms with Crippen molar-refractivity contribution in [3.8, 4) is 11.5 Å². The molecule has 0 radical (unpaired) electrons. The van der Waals surface area contributed by atoms with Crippen LogP contribution in [0.3, 0.4) is 0 Å². The summed E-state index contributed by atoms with van der Waals surface area (Å²) in [6.07, 6.45) is 0. The molecule has 2 aromatic carbocycles. The zero-order valence-electron chi connectivity index (χ0n) is 11.0. The fourth-order valence-electron chi connectivity index (χ4n) is 1.88. The van der Waals surface area contributed by atoms with Gasteiger partial charge in [-0.25, -0.2) is 0 Å². The summed E-state index contributed by atoms with van der Waals surface area (Å²) in [7, 11) is 3.29. The van der Waals surface area contributed by atoms with E-state index in [1.54, 1.807) is 14.2 Å². The highest BCUT2D eigenvalue weighted by atomic mass is 127. The van der Waals surface area contributed by atoms with Gasteiger partial charge < -0.3 is 9.47 Å². The number of halogens is 3. The van der Waals surface area contributed by atoms with E-state index in [0.717, 1.165) is 31.2 Å². The Labute approximate surface area is 145 Å². The lowest BCUT2D eigenvalue weighted by atomic mass is 10.0. The van der Waals surface area contributed by atoms with Crippen molar-refractivity contribution in [1.82, 2.24) is 0 Å². The van der Waals surface area contributed by atoms with E-state index < -0.39 is 0 Å². The topological polar surface area (TPSA) is 18.5 Å². The Balaban J connectivity index is 2.41. The predicted octanol–water partition coefficient (Wildman–Crippen LogP) is 5.45. The second-order valence-corrected chi connectivity index (χ2v) is 6.63. The summed E-state index contributed by atoms with van der Waals surface area (Å²) in [6, 6.07) is 11.8. The number of methoxy groups -OCH3 is 2. The molecule has 0 N–H and O–H groups in total. The third-order valence-corrected chi connectivity index (χ3v) is 5.54. The molecule has 0 saturated heterocycles. The second kappa shape index (κ2) is 7.00. The van der Waals surface area contributed by atoms with Crippen molar-refractivity contribution in [2.45, 2.75) is 4.83 Å². The van der Waals surface area contributed by atoms with Crippen LogP contribution in [0, 0.1) is 3.57 Å². The molecule has 2 aromatic rings. The maximum Gasteiger partial charge on any atom is 0.127 e. The molecule has 0 aliphatic carbocycles. The SMILES string of the molecule is COc1ccc(C(Br)c2ccc(I)c(Cl)c2)c(OC)c1. The van der Waals surface area contributed by atoms with Crippen molar-refractivity contribution < 1.29 is 9.47 Å². The Kier molecular flexibility index (Phi) is 5.57. The van der Waals surface area contributed by atoms with E-state index in [1.165, 1.54) is 0 Å². The first kappa shape index (κ1) is 15.9. The fourth-order valence-corrected chi connectivity index (χ4v) is 3.06. The third-order valence-electron chi connectivity index (χ3n) is 2.95. The lowest BCUT2D eigenvalue weighted by Crippen LogP contribution is -1.98. The summed E-state index contributed by atoms with van der Waals surface area (Å²) in [6.45, 7) is 0. The zero-order chi connectivity index (χ0) is 14.7. The van der Waals surface area contributed by atoms with Gasteiger partial charge in [-0.15, -0.1) is 0 Å². The average Bonchev–Trinajstić information content (AvgIpc) is 2.48. The normalized spacial score (nSPS) is 12.1. The molecule has 2 nitrogen and oxygen atoms in total. The highest BCUT2D eigenvalue weighted by Crippen LogP contribution is 2.39. The number of hydrogen-bond donors (Lipinski definition) is 0. The molecular weight excluding hydrogens is 454 g/mol. The molecule has 0 aromatic heterocycles. The predicted molar refractivity (Wildman–Crippen MR) is 94.5 cm³/mol. The molecule has 5 heteroatoms. The van der Waals surface area contributed by atoms with Gasteiger partial charge in [-0.1, -0.05) is 39.7 Å². The quantitative estimate of drug-likeness (QED) is 0.440. The Bertz CT molecular complexity index is 619. The van der Waals surface area contributed by atoms with Crippen LogP contribution in [-0.4, -0.2) is 14.2 Å². The third kappa shape index (κ3) is 3.40. The highest BCUT2D eigenvalue weighted by molar-refractivity contribution is 14.1. The van der Waals surface area contributed by atoms with Crippen LogP contribution in [0.15, 0.2) is 36.4 Å². The average molecular weight is 468 g/mol. The minimum Gasteiger partial charge on any atom is -0.497 e. The van der Waals surface area contributed by atoms with Crippen molar-refractivity contribution in [2.24, 2.45) is 0 Å². The van der Waals surface area contributed by atoms with Crippen molar-refractivity contribution >= 4 is 50.1 Å². The molecule has 0 heterocycles. The van der Waals surface area contributed by atoms with Crippen LogP contribution >= 0.6 is 50.1 Å². The van der Waals surface area contributed by atoms with E-state index in [9.17, 15) is 0 Å². The summed E-state index contributed by atoms with van der Waals surface area (Å²) in [5, 5.41) is 0.750. The van der Waals surface area contributed by atoms with Crippen molar-refractivity contribution in [3.63, 3.8) is 0 Å². The van der Waals surface area contributed by atoms with Crippen LogP contribution in [-0.2, 0) is 0 Å². The summed E-state index contributed by atoms with van der Waals surface area (Å²) in [5.74, 6) is 1.55. The van der Waals surface area contributed by atoms with Gasteiger partial charge in [-0.3, -0.25) is 0 Å². The van der Waals surface area contributed by atoms with Crippen LogP contribution < -0.4 is 9.47 Å². The lowest BCUT2D eigenvalue weighted by molar-refractivity contribution is 0.391. The van der Waals surface area contributed by atoms with Gasteiger partial charge in [0.05, 0.1) is 24.1 Å². The second-order valence-electron chi connectivity index (χ2n) is 4.14. The maximum absolute atomic E-state index is 6.19. The van der Waals surface area contributed by atoms with E-state index in [-0.39, 0.29) is 4.83 Å². The number of alkyl halides is 1. The molecule has 0 bridgehead atoms. The number of ether oxygens (including phenoxy) is 2. The molecular formula is C15H13BrClIO2. The molecule has 0 aliphatic heterocycles.